The molecule has 0 aliphatic rings. The summed E-state index contributed by atoms with van der Waals surface area (Å²) in [5, 5.41) is 15.6. The fraction of sp³-hybridized carbons (Fsp3) is 0.583. The molecule has 0 aromatic carbocycles. The number of rotatable bonds is 6. The van der Waals surface area contributed by atoms with Gasteiger partial charge in [-0.25, -0.2) is 4.98 Å². The van der Waals surface area contributed by atoms with Crippen molar-refractivity contribution < 1.29 is 5.11 Å². The van der Waals surface area contributed by atoms with E-state index in [1.54, 1.807) is 0 Å². The van der Waals surface area contributed by atoms with Crippen molar-refractivity contribution in [3.63, 3.8) is 0 Å². The molecule has 0 radical (unpaired) electrons. The molecule has 1 heterocycles. The minimum atomic E-state index is 0.0457. The van der Waals surface area contributed by atoms with Crippen molar-refractivity contribution in [3.05, 3.63) is 18.2 Å². The van der Waals surface area contributed by atoms with Gasteiger partial charge in [-0.15, -0.1) is 0 Å². The second kappa shape index (κ2) is 6.33. The van der Waals surface area contributed by atoms with Crippen LogP contribution in [0.3, 0.4) is 0 Å². The second-order valence-electron chi connectivity index (χ2n) is 4.12. The van der Waals surface area contributed by atoms with Crippen LogP contribution in [0.4, 0.5) is 11.6 Å². The topological polar surface area (TPSA) is 57.2 Å². The number of aliphatic hydroxyl groups excluding tert-OH is 1. The van der Waals surface area contributed by atoms with Crippen molar-refractivity contribution in [3.8, 4) is 0 Å². The predicted molar refractivity (Wildman–Crippen MR) is 67.7 cm³/mol. The number of nitrogens with zero attached hydrogens (tertiary/aromatic N) is 1. The van der Waals surface area contributed by atoms with E-state index in [1.807, 2.05) is 25.1 Å². The van der Waals surface area contributed by atoms with Crippen molar-refractivity contribution in [2.24, 2.45) is 5.92 Å². The van der Waals surface area contributed by atoms with Gasteiger partial charge in [0, 0.05) is 6.54 Å². The highest BCUT2D eigenvalue weighted by Gasteiger charge is 2.12. The zero-order chi connectivity index (χ0) is 12.0. The lowest BCUT2D eigenvalue weighted by Crippen LogP contribution is -2.29. The second-order valence-corrected chi connectivity index (χ2v) is 4.12. The molecule has 4 heteroatoms. The van der Waals surface area contributed by atoms with E-state index in [0.717, 1.165) is 18.2 Å². The summed E-state index contributed by atoms with van der Waals surface area (Å²) in [5.41, 5.74) is 0. The standard InChI is InChI=1S/C12H21N3O/c1-4-13-11-6-5-7-12(15-11)14-10(8-16)9(2)3/h5-7,9-10,16H,4,8H2,1-3H3,(H2,13,14,15). The lowest BCUT2D eigenvalue weighted by atomic mass is 10.1. The lowest BCUT2D eigenvalue weighted by Gasteiger charge is -2.20. The van der Waals surface area contributed by atoms with Gasteiger partial charge >= 0.3 is 0 Å². The Balaban J connectivity index is 2.68. The van der Waals surface area contributed by atoms with Gasteiger partial charge in [0.2, 0.25) is 0 Å². The minimum Gasteiger partial charge on any atom is -0.394 e. The number of nitrogens with one attached hydrogen (secondary N) is 2. The molecule has 0 bridgehead atoms. The van der Waals surface area contributed by atoms with E-state index >= 15 is 0 Å². The van der Waals surface area contributed by atoms with Gasteiger partial charge in [-0.2, -0.15) is 0 Å². The fourth-order valence-corrected chi connectivity index (χ4v) is 1.41. The van der Waals surface area contributed by atoms with E-state index < -0.39 is 0 Å². The van der Waals surface area contributed by atoms with Gasteiger partial charge in [-0.1, -0.05) is 19.9 Å². The molecule has 1 aromatic rings. The summed E-state index contributed by atoms with van der Waals surface area (Å²) in [5.74, 6) is 2.02. The first-order valence-electron chi connectivity index (χ1n) is 5.75. The van der Waals surface area contributed by atoms with E-state index in [4.69, 9.17) is 0 Å². The Kier molecular flexibility index (Phi) is 5.05. The monoisotopic (exact) mass is 223 g/mol. The van der Waals surface area contributed by atoms with Crippen LogP contribution in [-0.4, -0.2) is 29.3 Å². The van der Waals surface area contributed by atoms with Crippen molar-refractivity contribution in [1.82, 2.24) is 4.98 Å². The van der Waals surface area contributed by atoms with E-state index in [1.165, 1.54) is 0 Å². The summed E-state index contributed by atoms with van der Waals surface area (Å²) >= 11 is 0. The highest BCUT2D eigenvalue weighted by molar-refractivity contribution is 5.45. The first kappa shape index (κ1) is 12.8. The number of aromatic nitrogens is 1. The molecule has 0 amide bonds. The Bertz CT molecular complexity index is 315. The van der Waals surface area contributed by atoms with E-state index in [2.05, 4.69) is 29.5 Å². The molecule has 16 heavy (non-hydrogen) atoms. The number of anilines is 2. The van der Waals surface area contributed by atoms with Crippen LogP contribution in [0.5, 0.6) is 0 Å². The highest BCUT2D eigenvalue weighted by atomic mass is 16.3. The average molecular weight is 223 g/mol. The molecule has 1 unspecified atom stereocenters. The predicted octanol–water partition coefficient (Wildman–Crippen LogP) is 1.94. The zero-order valence-corrected chi connectivity index (χ0v) is 10.2. The first-order chi connectivity index (χ1) is 7.67. The van der Waals surface area contributed by atoms with E-state index in [9.17, 15) is 5.11 Å². The molecule has 0 spiro atoms. The van der Waals surface area contributed by atoms with Crippen molar-refractivity contribution in [2.45, 2.75) is 26.8 Å². The number of aliphatic hydroxyl groups is 1. The number of pyridine rings is 1. The van der Waals surface area contributed by atoms with Crippen LogP contribution in [0.2, 0.25) is 0 Å². The Labute approximate surface area is 97.1 Å². The largest absolute Gasteiger partial charge is 0.394 e. The van der Waals surface area contributed by atoms with Gasteiger partial charge in [0.1, 0.15) is 11.6 Å². The molecule has 0 fully saturated rings. The van der Waals surface area contributed by atoms with E-state index in [0.29, 0.717) is 5.92 Å². The lowest BCUT2D eigenvalue weighted by molar-refractivity contribution is 0.249. The summed E-state index contributed by atoms with van der Waals surface area (Å²) in [4.78, 5) is 4.40. The normalized spacial score (nSPS) is 12.6. The van der Waals surface area contributed by atoms with Crippen LogP contribution < -0.4 is 10.6 Å². The van der Waals surface area contributed by atoms with Gasteiger partial charge in [-0.3, -0.25) is 0 Å². The third-order valence-corrected chi connectivity index (χ3v) is 2.44. The fourth-order valence-electron chi connectivity index (χ4n) is 1.41. The van der Waals surface area contributed by atoms with E-state index in [-0.39, 0.29) is 12.6 Å². The Morgan fingerprint density at radius 3 is 2.56 bits per heavy atom. The van der Waals surface area contributed by atoms with Crippen LogP contribution in [0, 0.1) is 5.92 Å². The average Bonchev–Trinajstić information content (AvgIpc) is 2.26. The zero-order valence-electron chi connectivity index (χ0n) is 10.2. The molecule has 1 rings (SSSR count). The Morgan fingerprint density at radius 2 is 2.00 bits per heavy atom. The quantitative estimate of drug-likeness (QED) is 0.690. The molecule has 0 aliphatic heterocycles. The maximum absolute atomic E-state index is 9.22. The first-order valence-corrected chi connectivity index (χ1v) is 5.75. The van der Waals surface area contributed by atoms with Crippen LogP contribution in [0.25, 0.3) is 0 Å². The summed E-state index contributed by atoms with van der Waals surface area (Å²) in [7, 11) is 0. The number of hydrogen-bond donors (Lipinski definition) is 3. The Hall–Kier alpha value is -1.29. The molecular formula is C12H21N3O. The molecular weight excluding hydrogens is 202 g/mol. The van der Waals surface area contributed by atoms with Gasteiger partial charge in [0.25, 0.3) is 0 Å². The number of hydrogen-bond acceptors (Lipinski definition) is 4. The van der Waals surface area contributed by atoms with Gasteiger partial charge in [-0.05, 0) is 25.0 Å². The molecule has 0 saturated carbocycles. The highest BCUT2D eigenvalue weighted by Crippen LogP contribution is 2.12. The van der Waals surface area contributed by atoms with Gasteiger partial charge in [0.15, 0.2) is 0 Å². The van der Waals surface area contributed by atoms with Crippen LogP contribution in [0.1, 0.15) is 20.8 Å². The van der Waals surface area contributed by atoms with Crippen LogP contribution >= 0.6 is 0 Å². The molecule has 1 aromatic heterocycles. The van der Waals surface area contributed by atoms with Gasteiger partial charge in [0.05, 0.1) is 12.6 Å². The molecule has 3 N–H and O–H groups in total. The maximum Gasteiger partial charge on any atom is 0.128 e. The third kappa shape index (κ3) is 3.70. The summed E-state index contributed by atoms with van der Waals surface area (Å²) in [6.07, 6.45) is 0. The summed E-state index contributed by atoms with van der Waals surface area (Å²) in [6.45, 7) is 7.14. The van der Waals surface area contributed by atoms with Crippen LogP contribution in [0.15, 0.2) is 18.2 Å². The smallest absolute Gasteiger partial charge is 0.128 e. The summed E-state index contributed by atoms with van der Waals surface area (Å²) in [6, 6.07) is 5.83. The molecule has 0 aliphatic carbocycles. The Morgan fingerprint density at radius 1 is 1.31 bits per heavy atom. The summed E-state index contributed by atoms with van der Waals surface area (Å²) < 4.78 is 0. The van der Waals surface area contributed by atoms with Crippen molar-refractivity contribution >= 4 is 11.6 Å². The van der Waals surface area contributed by atoms with Crippen molar-refractivity contribution in [1.29, 1.82) is 0 Å². The maximum atomic E-state index is 9.22. The molecule has 4 nitrogen and oxygen atoms in total. The molecule has 90 valence electrons. The van der Waals surface area contributed by atoms with Crippen molar-refractivity contribution in [2.75, 3.05) is 23.8 Å². The minimum absolute atomic E-state index is 0.0457. The SMILES string of the molecule is CCNc1cccc(NC(CO)C(C)C)n1. The third-order valence-electron chi connectivity index (χ3n) is 2.44. The van der Waals surface area contributed by atoms with Crippen LogP contribution in [-0.2, 0) is 0 Å². The van der Waals surface area contributed by atoms with Gasteiger partial charge < -0.3 is 15.7 Å². The molecule has 1 atom stereocenters. The molecule has 0 saturated heterocycles.